The van der Waals surface area contributed by atoms with Crippen LogP contribution in [-0.4, -0.2) is 35.8 Å². The predicted octanol–water partition coefficient (Wildman–Crippen LogP) is 5.31. The molecule has 5 nitrogen and oxygen atoms in total. The normalized spacial score (nSPS) is 17.7. The minimum atomic E-state index is -0.319. The van der Waals surface area contributed by atoms with Crippen LogP contribution in [0.3, 0.4) is 0 Å². The van der Waals surface area contributed by atoms with Crippen LogP contribution in [0, 0.1) is 5.92 Å². The van der Waals surface area contributed by atoms with Gasteiger partial charge in [-0.05, 0) is 62.7 Å². The number of likely N-dealkylation sites (tertiary alicyclic amines) is 1. The molecule has 1 fully saturated rings. The van der Waals surface area contributed by atoms with E-state index in [1.54, 1.807) is 0 Å². The van der Waals surface area contributed by atoms with E-state index >= 15 is 0 Å². The van der Waals surface area contributed by atoms with Gasteiger partial charge in [-0.1, -0.05) is 65.0 Å². The molecule has 176 valence electrons. The van der Waals surface area contributed by atoms with Crippen LogP contribution in [0.1, 0.15) is 91.8 Å². The first-order valence-corrected chi connectivity index (χ1v) is 11.8. The number of allylic oxidation sites excluding steroid dienone is 2. The Balaban J connectivity index is 0.000000547. The molecule has 2 rings (SSSR count). The van der Waals surface area contributed by atoms with Crippen LogP contribution in [-0.2, 0) is 9.59 Å². The number of hydrogen-bond donors (Lipinski definition) is 2. The first kappa shape index (κ1) is 28.9. The van der Waals surface area contributed by atoms with Crippen molar-refractivity contribution in [1.29, 1.82) is 0 Å². The summed E-state index contributed by atoms with van der Waals surface area (Å²) >= 11 is 0. The molecule has 1 aromatic carbocycles. The van der Waals surface area contributed by atoms with E-state index in [2.05, 4.69) is 56.4 Å². The summed E-state index contributed by atoms with van der Waals surface area (Å²) in [7, 11) is 0. The summed E-state index contributed by atoms with van der Waals surface area (Å²) in [6.07, 6.45) is 6.16. The highest BCUT2D eigenvalue weighted by Crippen LogP contribution is 2.21. The molecule has 1 saturated heterocycles. The van der Waals surface area contributed by atoms with Gasteiger partial charge in [0.15, 0.2) is 0 Å². The molecule has 3 unspecified atom stereocenters. The van der Waals surface area contributed by atoms with Gasteiger partial charge in [0.25, 0.3) is 0 Å². The van der Waals surface area contributed by atoms with Crippen LogP contribution in [0.2, 0.25) is 0 Å². The lowest BCUT2D eigenvalue weighted by atomic mass is 10.00. The number of carbonyl (C=O) groups excluding carboxylic acids is 2. The van der Waals surface area contributed by atoms with Crippen molar-refractivity contribution in [3.8, 4) is 0 Å². The van der Waals surface area contributed by atoms with Gasteiger partial charge in [-0.3, -0.25) is 9.59 Å². The Morgan fingerprint density at radius 1 is 1.23 bits per heavy atom. The molecule has 31 heavy (non-hydrogen) atoms. The molecular weight excluding hydrogens is 386 g/mol. The Labute approximate surface area is 190 Å². The Bertz CT molecular complexity index is 668. The molecule has 1 aromatic rings. The minimum Gasteiger partial charge on any atom is -0.352 e. The molecule has 3 atom stereocenters. The topological polar surface area (TPSA) is 75.4 Å². The average Bonchev–Trinajstić information content (AvgIpc) is 3.21. The molecule has 0 spiro atoms. The maximum atomic E-state index is 11.8. The van der Waals surface area contributed by atoms with Gasteiger partial charge in [0.2, 0.25) is 12.3 Å². The van der Waals surface area contributed by atoms with Crippen LogP contribution in [0.25, 0.3) is 5.57 Å². The van der Waals surface area contributed by atoms with Crippen molar-refractivity contribution in [2.75, 3.05) is 6.54 Å². The van der Waals surface area contributed by atoms with Crippen molar-refractivity contribution in [3.05, 3.63) is 41.5 Å². The maximum absolute atomic E-state index is 11.8. The zero-order valence-corrected chi connectivity index (χ0v) is 20.9. The van der Waals surface area contributed by atoms with Gasteiger partial charge in [-0.25, -0.2) is 0 Å². The Kier molecular flexibility index (Phi) is 14.6. The van der Waals surface area contributed by atoms with E-state index in [0.29, 0.717) is 6.04 Å². The van der Waals surface area contributed by atoms with Crippen molar-refractivity contribution in [1.82, 2.24) is 10.2 Å². The number of amides is 2. The van der Waals surface area contributed by atoms with Gasteiger partial charge < -0.3 is 16.0 Å². The SMILES string of the molecule is C/C=C(\CC)c1ccc(C(C)NC=O)cc1.CC.CC(C)C(N)C(=O)N1CCCC1C. The van der Waals surface area contributed by atoms with E-state index in [-0.39, 0.29) is 23.9 Å². The Morgan fingerprint density at radius 2 is 1.81 bits per heavy atom. The van der Waals surface area contributed by atoms with Crippen molar-refractivity contribution in [2.24, 2.45) is 11.7 Å². The first-order chi connectivity index (χ1) is 14.8. The van der Waals surface area contributed by atoms with Crippen molar-refractivity contribution < 1.29 is 9.59 Å². The van der Waals surface area contributed by atoms with Crippen LogP contribution >= 0.6 is 0 Å². The van der Waals surface area contributed by atoms with Crippen LogP contribution in [0.5, 0.6) is 0 Å². The molecule has 0 aliphatic carbocycles. The lowest BCUT2D eigenvalue weighted by Crippen LogP contribution is -2.47. The monoisotopic (exact) mass is 431 g/mol. The van der Waals surface area contributed by atoms with Gasteiger partial charge >= 0.3 is 0 Å². The van der Waals surface area contributed by atoms with E-state index in [0.717, 1.165) is 37.8 Å². The Hall–Kier alpha value is -2.14. The number of nitrogens with two attached hydrogens (primary N) is 1. The number of rotatable bonds is 7. The van der Waals surface area contributed by atoms with Gasteiger partial charge in [0.1, 0.15) is 0 Å². The van der Waals surface area contributed by atoms with Crippen molar-refractivity contribution in [3.63, 3.8) is 0 Å². The quantitative estimate of drug-likeness (QED) is 0.574. The summed E-state index contributed by atoms with van der Waals surface area (Å²) in [5.41, 5.74) is 9.54. The molecule has 0 saturated carbocycles. The largest absolute Gasteiger partial charge is 0.352 e. The van der Waals surface area contributed by atoms with Gasteiger partial charge in [0, 0.05) is 12.6 Å². The van der Waals surface area contributed by atoms with E-state index < -0.39 is 0 Å². The highest BCUT2D eigenvalue weighted by Gasteiger charge is 2.29. The highest BCUT2D eigenvalue weighted by atomic mass is 16.2. The van der Waals surface area contributed by atoms with E-state index in [9.17, 15) is 9.59 Å². The number of nitrogens with one attached hydrogen (secondary N) is 1. The van der Waals surface area contributed by atoms with Gasteiger partial charge in [-0.15, -0.1) is 0 Å². The smallest absolute Gasteiger partial charge is 0.239 e. The second-order valence-electron chi connectivity index (χ2n) is 8.09. The minimum absolute atomic E-state index is 0.0715. The lowest BCUT2D eigenvalue weighted by molar-refractivity contribution is -0.134. The zero-order valence-electron chi connectivity index (χ0n) is 20.9. The van der Waals surface area contributed by atoms with Crippen molar-refractivity contribution >= 4 is 17.9 Å². The van der Waals surface area contributed by atoms with E-state index in [4.69, 9.17) is 5.73 Å². The molecule has 0 radical (unpaired) electrons. The fourth-order valence-electron chi connectivity index (χ4n) is 3.50. The van der Waals surface area contributed by atoms with E-state index in [1.807, 2.05) is 39.5 Å². The van der Waals surface area contributed by atoms with Crippen LogP contribution < -0.4 is 11.1 Å². The number of carbonyl (C=O) groups is 2. The summed E-state index contributed by atoms with van der Waals surface area (Å²) in [6, 6.07) is 8.49. The molecule has 0 aromatic heterocycles. The molecule has 1 aliphatic rings. The molecule has 0 bridgehead atoms. The molecule has 1 heterocycles. The first-order valence-electron chi connectivity index (χ1n) is 11.8. The standard InChI is InChI=1S/C14H19NO.C10H20N2O.C2H6/c1-4-12(5-2)14-8-6-13(7-9-14)11(3)15-10-16;1-7(2)9(11)10(13)12-6-4-5-8(12)3;1-2/h4,6-11H,5H2,1-3H3,(H,15,16);7-9H,4-6,11H2,1-3H3;1-2H3/b12-4+;;. The van der Waals surface area contributed by atoms with Crippen LogP contribution in [0.4, 0.5) is 0 Å². The average molecular weight is 432 g/mol. The van der Waals surface area contributed by atoms with Gasteiger partial charge in [0.05, 0.1) is 12.1 Å². The third-order valence-electron chi connectivity index (χ3n) is 5.67. The van der Waals surface area contributed by atoms with Crippen molar-refractivity contribution in [2.45, 2.75) is 92.8 Å². The lowest BCUT2D eigenvalue weighted by Gasteiger charge is -2.26. The van der Waals surface area contributed by atoms with Crippen LogP contribution in [0.15, 0.2) is 30.3 Å². The summed E-state index contributed by atoms with van der Waals surface area (Å²) in [5.74, 6) is 0.361. The molecule has 2 amide bonds. The highest BCUT2D eigenvalue weighted by molar-refractivity contribution is 5.82. The third kappa shape index (κ3) is 9.26. The van der Waals surface area contributed by atoms with E-state index in [1.165, 1.54) is 11.1 Å². The number of hydrogen-bond acceptors (Lipinski definition) is 3. The fraction of sp³-hybridized carbons (Fsp3) is 0.615. The number of benzene rings is 1. The second kappa shape index (κ2) is 15.6. The molecule has 3 N–H and O–H groups in total. The predicted molar refractivity (Wildman–Crippen MR) is 133 cm³/mol. The molecule has 5 heteroatoms. The number of nitrogens with zero attached hydrogens (tertiary/aromatic N) is 1. The summed E-state index contributed by atoms with van der Waals surface area (Å²) in [5, 5.41) is 2.74. The summed E-state index contributed by atoms with van der Waals surface area (Å²) in [6.45, 7) is 17.1. The maximum Gasteiger partial charge on any atom is 0.239 e. The zero-order chi connectivity index (χ0) is 24.0. The molecule has 1 aliphatic heterocycles. The summed E-state index contributed by atoms with van der Waals surface area (Å²) < 4.78 is 0. The molecular formula is C26H45N3O2. The van der Waals surface area contributed by atoms with Gasteiger partial charge in [-0.2, -0.15) is 0 Å². The summed E-state index contributed by atoms with van der Waals surface area (Å²) in [4.78, 5) is 24.1. The Morgan fingerprint density at radius 3 is 2.19 bits per heavy atom. The third-order valence-corrected chi connectivity index (χ3v) is 5.67. The second-order valence-corrected chi connectivity index (χ2v) is 8.09. The fourth-order valence-corrected chi connectivity index (χ4v) is 3.50.